The molecule has 0 fully saturated rings. The van der Waals surface area contributed by atoms with E-state index < -0.39 is 6.10 Å². The quantitative estimate of drug-likeness (QED) is 0.800. The Hall–Kier alpha value is -2.17. The van der Waals surface area contributed by atoms with E-state index in [1.807, 2.05) is 42.5 Å². The molecule has 0 saturated carbocycles. The predicted molar refractivity (Wildman–Crippen MR) is 81.9 cm³/mol. The first-order chi connectivity index (χ1) is 10.3. The molecule has 0 aliphatic carbocycles. The molecule has 2 N–H and O–H groups in total. The molecular weight excluding hydrogens is 264 g/mol. The minimum atomic E-state index is -0.486. The Balaban J connectivity index is 1.45. The molecule has 4 heteroatoms. The van der Waals surface area contributed by atoms with Crippen LogP contribution in [0.1, 0.15) is 17.2 Å². The van der Waals surface area contributed by atoms with Crippen molar-refractivity contribution < 1.29 is 9.53 Å². The summed E-state index contributed by atoms with van der Waals surface area (Å²) in [5.74, 6) is -0.0840. The van der Waals surface area contributed by atoms with Crippen LogP contribution in [0.25, 0.3) is 0 Å². The lowest BCUT2D eigenvalue weighted by atomic mass is 10.1. The summed E-state index contributed by atoms with van der Waals surface area (Å²) < 4.78 is 5.71. The van der Waals surface area contributed by atoms with Gasteiger partial charge in [0.05, 0.1) is 6.61 Å². The van der Waals surface area contributed by atoms with E-state index in [-0.39, 0.29) is 5.91 Å². The van der Waals surface area contributed by atoms with Gasteiger partial charge in [-0.25, -0.2) is 0 Å². The first-order valence-electron chi connectivity index (χ1n) is 7.10. The second-order valence-electron chi connectivity index (χ2n) is 4.99. The van der Waals surface area contributed by atoms with Crippen LogP contribution >= 0.6 is 0 Å². The van der Waals surface area contributed by atoms with Crippen LogP contribution in [-0.4, -0.2) is 19.1 Å². The summed E-state index contributed by atoms with van der Waals surface area (Å²) >= 11 is 0. The van der Waals surface area contributed by atoms with Crippen LogP contribution in [0.5, 0.6) is 0 Å². The topological polar surface area (TPSA) is 50.4 Å². The van der Waals surface area contributed by atoms with Crippen molar-refractivity contribution in [2.45, 2.75) is 12.6 Å². The highest BCUT2D eigenvalue weighted by atomic mass is 16.5. The fraction of sp³-hybridized carbons (Fsp3) is 0.235. The van der Waals surface area contributed by atoms with Gasteiger partial charge in [0.25, 0.3) is 5.91 Å². The summed E-state index contributed by atoms with van der Waals surface area (Å²) in [5.41, 5.74) is 3.01. The minimum Gasteiger partial charge on any atom is -0.362 e. The van der Waals surface area contributed by atoms with Crippen LogP contribution in [0, 0.1) is 0 Å². The summed E-state index contributed by atoms with van der Waals surface area (Å²) in [6.07, 6.45) is -0.486. The van der Waals surface area contributed by atoms with Crippen molar-refractivity contribution in [1.29, 1.82) is 0 Å². The number of fused-ring (bicyclic) bond motifs is 1. The second kappa shape index (κ2) is 6.52. The van der Waals surface area contributed by atoms with Crippen molar-refractivity contribution in [1.82, 2.24) is 5.32 Å². The average Bonchev–Trinajstić information content (AvgIpc) is 2.84. The van der Waals surface area contributed by atoms with E-state index in [1.54, 1.807) is 0 Å². The lowest BCUT2D eigenvalue weighted by molar-refractivity contribution is -0.126. The van der Waals surface area contributed by atoms with E-state index in [0.717, 1.165) is 17.8 Å². The standard InChI is InChI=1S/C17H18N2O2/c20-17-16(14-8-4-5-9-15(14)19-17)21-11-10-18-12-13-6-2-1-3-7-13/h1-9,16,18H,10-12H2,(H,19,20). The van der Waals surface area contributed by atoms with Gasteiger partial charge >= 0.3 is 0 Å². The Labute approximate surface area is 124 Å². The molecule has 4 nitrogen and oxygen atoms in total. The predicted octanol–water partition coefficient (Wildman–Crippen LogP) is 2.49. The van der Waals surface area contributed by atoms with Gasteiger partial charge in [-0.15, -0.1) is 0 Å². The number of hydrogen-bond acceptors (Lipinski definition) is 3. The number of carbonyl (C=O) groups is 1. The Bertz CT molecular complexity index is 613. The van der Waals surface area contributed by atoms with E-state index in [0.29, 0.717) is 13.2 Å². The van der Waals surface area contributed by atoms with Gasteiger partial charge in [0.1, 0.15) is 0 Å². The molecule has 0 bridgehead atoms. The number of ether oxygens (including phenoxy) is 1. The van der Waals surface area contributed by atoms with Crippen LogP contribution in [0.2, 0.25) is 0 Å². The zero-order valence-corrected chi connectivity index (χ0v) is 11.7. The van der Waals surface area contributed by atoms with Crippen molar-refractivity contribution >= 4 is 11.6 Å². The summed E-state index contributed by atoms with van der Waals surface area (Å²) in [5, 5.41) is 6.14. The van der Waals surface area contributed by atoms with Crippen LogP contribution in [0.15, 0.2) is 54.6 Å². The number of carbonyl (C=O) groups excluding carboxylic acids is 1. The molecule has 2 aromatic carbocycles. The Kier molecular flexibility index (Phi) is 4.28. The average molecular weight is 282 g/mol. The molecule has 1 unspecified atom stereocenters. The van der Waals surface area contributed by atoms with Crippen molar-refractivity contribution in [3.05, 3.63) is 65.7 Å². The molecule has 1 atom stereocenters. The maximum absolute atomic E-state index is 11.9. The van der Waals surface area contributed by atoms with Gasteiger partial charge in [0.2, 0.25) is 0 Å². The van der Waals surface area contributed by atoms with E-state index in [1.165, 1.54) is 5.56 Å². The fourth-order valence-electron chi connectivity index (χ4n) is 2.42. The third-order valence-electron chi connectivity index (χ3n) is 3.47. The molecule has 0 spiro atoms. The van der Waals surface area contributed by atoms with Gasteiger partial charge in [-0.2, -0.15) is 0 Å². The van der Waals surface area contributed by atoms with Gasteiger partial charge in [0.15, 0.2) is 6.10 Å². The van der Waals surface area contributed by atoms with E-state index in [9.17, 15) is 4.79 Å². The van der Waals surface area contributed by atoms with Crippen molar-refractivity contribution in [3.63, 3.8) is 0 Å². The maximum atomic E-state index is 11.9. The molecule has 0 saturated heterocycles. The minimum absolute atomic E-state index is 0.0840. The molecule has 21 heavy (non-hydrogen) atoms. The van der Waals surface area contributed by atoms with Gasteiger partial charge in [0, 0.05) is 24.3 Å². The number of anilines is 1. The number of para-hydroxylation sites is 1. The molecule has 108 valence electrons. The summed E-state index contributed by atoms with van der Waals surface area (Å²) in [7, 11) is 0. The van der Waals surface area contributed by atoms with E-state index in [2.05, 4.69) is 22.8 Å². The van der Waals surface area contributed by atoms with Gasteiger partial charge in [-0.3, -0.25) is 4.79 Å². The van der Waals surface area contributed by atoms with Gasteiger partial charge in [-0.05, 0) is 11.6 Å². The molecule has 1 heterocycles. The van der Waals surface area contributed by atoms with Crippen molar-refractivity contribution in [3.8, 4) is 0 Å². The first-order valence-corrected chi connectivity index (χ1v) is 7.10. The highest BCUT2D eigenvalue weighted by Gasteiger charge is 2.30. The number of benzene rings is 2. The highest BCUT2D eigenvalue weighted by molar-refractivity contribution is 6.01. The second-order valence-corrected chi connectivity index (χ2v) is 4.99. The largest absolute Gasteiger partial charge is 0.362 e. The number of rotatable bonds is 6. The monoisotopic (exact) mass is 282 g/mol. The fourth-order valence-corrected chi connectivity index (χ4v) is 2.42. The molecule has 1 aliphatic rings. The number of nitrogens with one attached hydrogen (secondary N) is 2. The van der Waals surface area contributed by atoms with Gasteiger partial charge in [-0.1, -0.05) is 48.5 Å². The lowest BCUT2D eigenvalue weighted by Crippen LogP contribution is -2.22. The van der Waals surface area contributed by atoms with Crippen LogP contribution < -0.4 is 10.6 Å². The van der Waals surface area contributed by atoms with Crippen LogP contribution in [0.4, 0.5) is 5.69 Å². The zero-order chi connectivity index (χ0) is 14.5. The molecule has 0 radical (unpaired) electrons. The third kappa shape index (κ3) is 3.29. The Morgan fingerprint density at radius 1 is 1.05 bits per heavy atom. The maximum Gasteiger partial charge on any atom is 0.258 e. The highest BCUT2D eigenvalue weighted by Crippen LogP contribution is 2.32. The molecule has 1 amide bonds. The lowest BCUT2D eigenvalue weighted by Gasteiger charge is -2.11. The summed E-state index contributed by atoms with van der Waals surface area (Å²) in [4.78, 5) is 11.9. The third-order valence-corrected chi connectivity index (χ3v) is 3.47. The van der Waals surface area contributed by atoms with Crippen molar-refractivity contribution in [2.24, 2.45) is 0 Å². The van der Waals surface area contributed by atoms with Crippen LogP contribution in [0.3, 0.4) is 0 Å². The first kappa shape index (κ1) is 13.8. The zero-order valence-electron chi connectivity index (χ0n) is 11.7. The van der Waals surface area contributed by atoms with E-state index in [4.69, 9.17) is 4.74 Å². The smallest absolute Gasteiger partial charge is 0.258 e. The van der Waals surface area contributed by atoms with Gasteiger partial charge < -0.3 is 15.4 Å². The molecule has 3 rings (SSSR count). The molecule has 0 aromatic heterocycles. The number of hydrogen-bond donors (Lipinski definition) is 2. The Morgan fingerprint density at radius 2 is 1.81 bits per heavy atom. The molecular formula is C17H18N2O2. The molecule has 2 aromatic rings. The Morgan fingerprint density at radius 3 is 2.67 bits per heavy atom. The molecule has 1 aliphatic heterocycles. The van der Waals surface area contributed by atoms with Crippen molar-refractivity contribution in [2.75, 3.05) is 18.5 Å². The summed E-state index contributed by atoms with van der Waals surface area (Å²) in [6, 6.07) is 17.8. The summed E-state index contributed by atoms with van der Waals surface area (Å²) in [6.45, 7) is 2.01. The normalized spacial score (nSPS) is 16.6. The SMILES string of the molecule is O=C1Nc2ccccc2C1OCCNCc1ccccc1. The van der Waals surface area contributed by atoms with Crippen LogP contribution in [-0.2, 0) is 16.1 Å². The van der Waals surface area contributed by atoms with E-state index >= 15 is 0 Å². The number of amides is 1.